The van der Waals surface area contributed by atoms with E-state index in [1.165, 1.54) is 0 Å². The lowest BCUT2D eigenvalue weighted by Crippen LogP contribution is -1.87. The van der Waals surface area contributed by atoms with Gasteiger partial charge in [-0.15, -0.1) is 0 Å². The molecule has 0 aromatic heterocycles. The van der Waals surface area contributed by atoms with E-state index in [4.69, 9.17) is 21.4 Å². The molecule has 0 amide bonds. The zero-order valence-electron chi connectivity index (χ0n) is 9.41. The van der Waals surface area contributed by atoms with Crippen molar-refractivity contribution in [3.8, 4) is 5.75 Å². The summed E-state index contributed by atoms with van der Waals surface area (Å²) in [6.07, 6.45) is 0. The van der Waals surface area contributed by atoms with Crippen molar-refractivity contribution in [1.82, 2.24) is 0 Å². The monoisotopic (exact) mass is 232 g/mol. The van der Waals surface area contributed by atoms with Gasteiger partial charge in [-0.1, -0.05) is 24.3 Å². The lowest BCUT2D eigenvalue weighted by molar-refractivity contribution is -0.0979. The van der Waals surface area contributed by atoms with Crippen LogP contribution in [0, 0.1) is 0 Å². The number of rotatable bonds is 0. The van der Waals surface area contributed by atoms with Crippen molar-refractivity contribution in [2.24, 2.45) is 0 Å². The predicted molar refractivity (Wildman–Crippen MR) is 70.5 cm³/mol. The summed E-state index contributed by atoms with van der Waals surface area (Å²) < 4.78 is 0. The van der Waals surface area contributed by atoms with Crippen LogP contribution in [-0.2, 0) is 4.79 Å². The highest BCUT2D eigenvalue weighted by Gasteiger charge is 1.81. The number of carbonyl (C=O) groups excluding carboxylic acids is 1. The van der Waals surface area contributed by atoms with Gasteiger partial charge in [0.1, 0.15) is 12.5 Å². The Morgan fingerprint density at radius 2 is 1.29 bits per heavy atom. The minimum absolute atomic E-state index is 0.322. The number of hydrogen-bond acceptors (Lipinski definition) is 4. The minimum Gasteiger partial charge on any atom is -0.508 e. The first kappa shape index (κ1) is 14.5. The van der Waals surface area contributed by atoms with Gasteiger partial charge < -0.3 is 21.4 Å². The molecule has 0 aliphatic heterocycles. The summed E-state index contributed by atoms with van der Waals surface area (Å²) in [4.78, 5) is 8.00. The molecule has 0 saturated carbocycles. The van der Waals surface area contributed by atoms with E-state index >= 15 is 0 Å². The van der Waals surface area contributed by atoms with Gasteiger partial charge in [-0.2, -0.15) is 0 Å². The van der Waals surface area contributed by atoms with E-state index in [9.17, 15) is 0 Å². The maximum Gasteiger partial charge on any atom is 0.115 e. The van der Waals surface area contributed by atoms with Crippen molar-refractivity contribution in [2.75, 3.05) is 11.5 Å². The van der Waals surface area contributed by atoms with Crippen LogP contribution in [-0.4, -0.2) is 11.9 Å². The van der Waals surface area contributed by atoms with E-state index in [2.05, 4.69) is 0 Å². The number of benzene rings is 2. The zero-order valence-corrected chi connectivity index (χ0v) is 9.41. The summed E-state index contributed by atoms with van der Waals surface area (Å²) in [5.41, 5.74) is 12.2. The van der Waals surface area contributed by atoms with E-state index in [1.807, 2.05) is 18.9 Å². The molecule has 0 unspecified atom stereocenters. The molecule has 2 aromatic carbocycles. The Bertz CT molecular complexity index is 402. The van der Waals surface area contributed by atoms with Crippen LogP contribution in [0.15, 0.2) is 54.6 Å². The van der Waals surface area contributed by atoms with Crippen LogP contribution in [0.4, 0.5) is 11.4 Å². The van der Waals surface area contributed by atoms with E-state index in [0.717, 1.165) is 0 Å². The molecule has 0 heterocycles. The Kier molecular flexibility index (Phi) is 7.50. The predicted octanol–water partition coefficient (Wildman–Crippen LogP) is 2.06. The Balaban J connectivity index is 0.000000265. The SMILES string of the molecule is C=O.Nc1cccc(N)c1.Oc1ccccc1. The second-order valence-corrected chi connectivity index (χ2v) is 3.01. The number of nitrogen functional groups attached to an aromatic ring is 2. The Labute approximate surface area is 101 Å². The van der Waals surface area contributed by atoms with Crippen LogP contribution in [0.3, 0.4) is 0 Å². The van der Waals surface area contributed by atoms with Crippen molar-refractivity contribution in [1.29, 1.82) is 0 Å². The summed E-state index contributed by atoms with van der Waals surface area (Å²) in [6.45, 7) is 2.00. The largest absolute Gasteiger partial charge is 0.508 e. The average molecular weight is 232 g/mol. The Hall–Kier alpha value is -2.49. The van der Waals surface area contributed by atoms with E-state index in [-0.39, 0.29) is 0 Å². The smallest absolute Gasteiger partial charge is 0.115 e. The summed E-state index contributed by atoms with van der Waals surface area (Å²) in [6, 6.07) is 15.9. The summed E-state index contributed by atoms with van der Waals surface area (Å²) in [5.74, 6) is 0.322. The molecule has 0 radical (unpaired) electrons. The van der Waals surface area contributed by atoms with Crippen LogP contribution >= 0.6 is 0 Å². The molecule has 0 saturated heterocycles. The van der Waals surface area contributed by atoms with Gasteiger partial charge in [-0.3, -0.25) is 0 Å². The van der Waals surface area contributed by atoms with Gasteiger partial charge in [0.2, 0.25) is 0 Å². The molecule has 90 valence electrons. The first-order valence-corrected chi connectivity index (χ1v) is 4.82. The fourth-order valence-corrected chi connectivity index (χ4v) is 0.987. The van der Waals surface area contributed by atoms with Crippen molar-refractivity contribution in [3.63, 3.8) is 0 Å². The van der Waals surface area contributed by atoms with Crippen LogP contribution in [0.1, 0.15) is 0 Å². The highest BCUT2D eigenvalue weighted by atomic mass is 16.3. The molecular formula is C13H16N2O2. The fraction of sp³-hybridized carbons (Fsp3) is 0. The molecule has 0 aliphatic rings. The van der Waals surface area contributed by atoms with Crippen LogP contribution < -0.4 is 11.5 Å². The molecule has 0 atom stereocenters. The van der Waals surface area contributed by atoms with Crippen molar-refractivity contribution in [2.45, 2.75) is 0 Å². The number of aromatic hydroxyl groups is 1. The summed E-state index contributed by atoms with van der Waals surface area (Å²) >= 11 is 0. The molecule has 2 aromatic rings. The van der Waals surface area contributed by atoms with Gasteiger partial charge in [0.15, 0.2) is 0 Å². The number of hydrogen-bond donors (Lipinski definition) is 3. The lowest BCUT2D eigenvalue weighted by atomic mass is 10.3. The molecule has 4 nitrogen and oxygen atoms in total. The molecule has 0 bridgehead atoms. The molecule has 17 heavy (non-hydrogen) atoms. The maximum absolute atomic E-state index is 8.63. The number of nitrogens with two attached hydrogens (primary N) is 2. The minimum atomic E-state index is 0.322. The number of para-hydroxylation sites is 1. The van der Waals surface area contributed by atoms with Crippen LogP contribution in [0.25, 0.3) is 0 Å². The van der Waals surface area contributed by atoms with Crippen molar-refractivity contribution < 1.29 is 9.90 Å². The molecular weight excluding hydrogens is 216 g/mol. The standard InChI is InChI=1S/C6H8N2.C6H6O.CH2O/c7-5-2-1-3-6(8)4-5;7-6-4-2-1-3-5-6;1-2/h1-4H,7-8H2;1-5,7H;1H2. The number of anilines is 2. The molecule has 5 N–H and O–H groups in total. The second kappa shape index (κ2) is 8.79. The third-order valence-corrected chi connectivity index (χ3v) is 1.67. The Morgan fingerprint density at radius 3 is 1.53 bits per heavy atom. The molecule has 0 aliphatic carbocycles. The number of carbonyl (C=O) groups is 1. The highest BCUT2D eigenvalue weighted by Crippen LogP contribution is 2.06. The van der Waals surface area contributed by atoms with E-state index in [0.29, 0.717) is 17.1 Å². The average Bonchev–Trinajstić information content (AvgIpc) is 2.33. The number of phenolic OH excluding ortho intramolecular Hbond substituents is 1. The van der Waals surface area contributed by atoms with Crippen LogP contribution in [0.5, 0.6) is 5.75 Å². The summed E-state index contributed by atoms with van der Waals surface area (Å²) in [5, 5.41) is 8.63. The highest BCUT2D eigenvalue weighted by molar-refractivity contribution is 5.50. The van der Waals surface area contributed by atoms with Gasteiger partial charge in [0, 0.05) is 11.4 Å². The maximum atomic E-state index is 8.63. The lowest BCUT2D eigenvalue weighted by Gasteiger charge is -1.91. The normalized spacial score (nSPS) is 8.00. The van der Waals surface area contributed by atoms with Gasteiger partial charge in [-0.25, -0.2) is 0 Å². The van der Waals surface area contributed by atoms with Crippen LogP contribution in [0.2, 0.25) is 0 Å². The third-order valence-electron chi connectivity index (χ3n) is 1.67. The molecule has 4 heteroatoms. The zero-order chi connectivity index (χ0) is 13.1. The molecule has 0 fully saturated rings. The molecule has 2 rings (SSSR count). The quantitative estimate of drug-likeness (QED) is 0.606. The second-order valence-electron chi connectivity index (χ2n) is 3.01. The van der Waals surface area contributed by atoms with Gasteiger partial charge in [0.05, 0.1) is 0 Å². The van der Waals surface area contributed by atoms with E-state index in [1.54, 1.807) is 42.5 Å². The first-order chi connectivity index (χ1) is 8.18. The third kappa shape index (κ3) is 7.44. The Morgan fingerprint density at radius 1 is 0.824 bits per heavy atom. The first-order valence-electron chi connectivity index (χ1n) is 4.82. The van der Waals surface area contributed by atoms with Gasteiger partial charge >= 0.3 is 0 Å². The topological polar surface area (TPSA) is 89.3 Å². The summed E-state index contributed by atoms with van der Waals surface area (Å²) in [7, 11) is 0. The molecule has 0 spiro atoms. The van der Waals surface area contributed by atoms with Gasteiger partial charge in [0.25, 0.3) is 0 Å². The van der Waals surface area contributed by atoms with Crippen molar-refractivity contribution >= 4 is 18.2 Å². The van der Waals surface area contributed by atoms with E-state index < -0.39 is 0 Å². The van der Waals surface area contributed by atoms with Crippen molar-refractivity contribution in [3.05, 3.63) is 54.6 Å². The fourth-order valence-electron chi connectivity index (χ4n) is 0.987. The van der Waals surface area contributed by atoms with Gasteiger partial charge in [-0.05, 0) is 30.3 Å². The number of phenols is 1.